The van der Waals surface area contributed by atoms with Gasteiger partial charge in [-0.2, -0.15) is 0 Å². The number of carbonyl (C=O) groups is 1. The van der Waals surface area contributed by atoms with E-state index in [-0.39, 0.29) is 18.1 Å². The van der Waals surface area contributed by atoms with Crippen molar-refractivity contribution in [2.45, 2.75) is 19.3 Å². The van der Waals surface area contributed by atoms with E-state index in [1.54, 1.807) is 24.3 Å². The Morgan fingerprint density at radius 3 is 2.71 bits per heavy atom. The zero-order chi connectivity index (χ0) is 15.1. The Bertz CT molecular complexity index is 613. The highest BCUT2D eigenvalue weighted by Crippen LogP contribution is 2.17. The number of anilines is 1. The lowest BCUT2D eigenvalue weighted by molar-refractivity contribution is -0.115. The van der Waals surface area contributed by atoms with Crippen molar-refractivity contribution in [3.8, 4) is 5.75 Å². The Hall–Kier alpha value is -2.00. The van der Waals surface area contributed by atoms with Crippen LogP contribution in [0.4, 0.5) is 5.69 Å². The number of phenolic OH excluding ortho intramolecular Hbond substituents is 1. The van der Waals surface area contributed by atoms with E-state index in [1.165, 1.54) is 0 Å². The third-order valence-corrected chi connectivity index (χ3v) is 3.42. The Morgan fingerprint density at radius 2 is 1.95 bits per heavy atom. The molecule has 0 aliphatic carbocycles. The summed E-state index contributed by atoms with van der Waals surface area (Å²) in [7, 11) is 0. The first-order chi connectivity index (χ1) is 10.2. The largest absolute Gasteiger partial charge is 0.508 e. The first kappa shape index (κ1) is 15.4. The molecule has 110 valence electrons. The fraction of sp³-hybridized carbons (Fsp3) is 0.235. The number of phenols is 1. The maximum Gasteiger partial charge on any atom is 0.228 e. The molecule has 0 saturated heterocycles. The van der Waals surface area contributed by atoms with Crippen LogP contribution in [-0.4, -0.2) is 16.9 Å². The second kappa shape index (κ2) is 7.70. The molecule has 0 radical (unpaired) electrons. The second-order valence-electron chi connectivity index (χ2n) is 4.85. The molecule has 0 aliphatic heterocycles. The van der Waals surface area contributed by atoms with Crippen molar-refractivity contribution in [2.24, 2.45) is 0 Å². The van der Waals surface area contributed by atoms with Gasteiger partial charge in [-0.25, -0.2) is 0 Å². The lowest BCUT2D eigenvalue weighted by Crippen LogP contribution is -2.14. The molecule has 0 heterocycles. The van der Waals surface area contributed by atoms with Gasteiger partial charge >= 0.3 is 0 Å². The van der Waals surface area contributed by atoms with Crippen molar-refractivity contribution in [3.63, 3.8) is 0 Å². The topological polar surface area (TPSA) is 49.3 Å². The number of nitrogens with one attached hydrogen (secondary N) is 1. The van der Waals surface area contributed by atoms with Crippen LogP contribution in [0.15, 0.2) is 48.5 Å². The smallest absolute Gasteiger partial charge is 0.228 e. The van der Waals surface area contributed by atoms with E-state index >= 15 is 0 Å². The third kappa shape index (κ3) is 4.80. The maximum atomic E-state index is 12.0. The number of halogens is 1. The van der Waals surface area contributed by atoms with Gasteiger partial charge in [0.05, 0.1) is 6.42 Å². The van der Waals surface area contributed by atoms with Gasteiger partial charge in [0.2, 0.25) is 5.91 Å². The first-order valence-electron chi connectivity index (χ1n) is 6.90. The van der Waals surface area contributed by atoms with Crippen molar-refractivity contribution in [1.29, 1.82) is 0 Å². The minimum atomic E-state index is -0.147. The van der Waals surface area contributed by atoms with Gasteiger partial charge in [0.25, 0.3) is 0 Å². The molecule has 0 saturated carbocycles. The predicted octanol–water partition coefficient (Wildman–Crippen LogP) is 3.74. The van der Waals surface area contributed by atoms with Crippen LogP contribution in [0.2, 0.25) is 0 Å². The molecule has 2 rings (SSSR count). The number of rotatable bonds is 6. The molecular weight excluding hydrogens is 286 g/mol. The standard InChI is InChI=1S/C17H18ClNO2/c18-10-4-6-13-5-3-8-15(11-13)19-17(21)12-14-7-1-2-9-16(14)20/h1-3,5,7-9,11,20H,4,6,10,12H2,(H,19,21). The van der Waals surface area contributed by atoms with Gasteiger partial charge < -0.3 is 10.4 Å². The van der Waals surface area contributed by atoms with Gasteiger partial charge in [0.1, 0.15) is 5.75 Å². The number of para-hydroxylation sites is 1. The summed E-state index contributed by atoms with van der Waals surface area (Å²) in [5.41, 5.74) is 2.53. The predicted molar refractivity (Wildman–Crippen MR) is 85.9 cm³/mol. The lowest BCUT2D eigenvalue weighted by atomic mass is 10.1. The Labute approximate surface area is 129 Å². The van der Waals surface area contributed by atoms with E-state index in [1.807, 2.05) is 24.3 Å². The summed E-state index contributed by atoms with van der Waals surface area (Å²) in [6.45, 7) is 0. The quantitative estimate of drug-likeness (QED) is 0.799. The molecular formula is C17H18ClNO2. The van der Waals surface area contributed by atoms with Crippen molar-refractivity contribution < 1.29 is 9.90 Å². The van der Waals surface area contributed by atoms with Crippen LogP contribution in [-0.2, 0) is 17.6 Å². The van der Waals surface area contributed by atoms with Crippen LogP contribution < -0.4 is 5.32 Å². The maximum absolute atomic E-state index is 12.0. The number of aromatic hydroxyl groups is 1. The van der Waals surface area contributed by atoms with Crippen molar-refractivity contribution in [3.05, 3.63) is 59.7 Å². The summed E-state index contributed by atoms with van der Waals surface area (Å²) in [6.07, 6.45) is 1.96. The molecule has 3 nitrogen and oxygen atoms in total. The van der Waals surface area contributed by atoms with E-state index in [0.29, 0.717) is 11.4 Å². The molecule has 0 atom stereocenters. The molecule has 0 bridgehead atoms. The Balaban J connectivity index is 1.98. The number of amides is 1. The highest BCUT2D eigenvalue weighted by Gasteiger charge is 2.07. The summed E-state index contributed by atoms with van der Waals surface area (Å²) in [6, 6.07) is 14.6. The van der Waals surface area contributed by atoms with E-state index in [0.717, 1.165) is 24.1 Å². The van der Waals surface area contributed by atoms with Crippen molar-refractivity contribution >= 4 is 23.2 Å². The molecule has 2 N–H and O–H groups in total. The normalized spacial score (nSPS) is 10.3. The number of benzene rings is 2. The van der Waals surface area contributed by atoms with E-state index in [2.05, 4.69) is 5.32 Å². The van der Waals surface area contributed by atoms with Crippen molar-refractivity contribution in [1.82, 2.24) is 0 Å². The molecule has 0 fully saturated rings. The fourth-order valence-electron chi connectivity index (χ4n) is 2.11. The third-order valence-electron chi connectivity index (χ3n) is 3.15. The molecule has 1 amide bonds. The second-order valence-corrected chi connectivity index (χ2v) is 5.22. The molecule has 0 aliphatic rings. The zero-order valence-electron chi connectivity index (χ0n) is 11.7. The fourth-order valence-corrected chi connectivity index (χ4v) is 2.25. The van der Waals surface area contributed by atoms with Gasteiger partial charge in [0, 0.05) is 17.1 Å². The molecule has 21 heavy (non-hydrogen) atoms. The van der Waals surface area contributed by atoms with Crippen LogP contribution in [0, 0.1) is 0 Å². The lowest BCUT2D eigenvalue weighted by Gasteiger charge is -2.08. The average molecular weight is 304 g/mol. The summed E-state index contributed by atoms with van der Waals surface area (Å²) < 4.78 is 0. The van der Waals surface area contributed by atoms with Crippen molar-refractivity contribution in [2.75, 3.05) is 11.2 Å². The van der Waals surface area contributed by atoms with Crippen LogP contribution in [0.1, 0.15) is 17.5 Å². The Morgan fingerprint density at radius 1 is 1.14 bits per heavy atom. The number of hydrogen-bond acceptors (Lipinski definition) is 2. The monoisotopic (exact) mass is 303 g/mol. The SMILES string of the molecule is O=C(Cc1ccccc1O)Nc1cccc(CCCCl)c1. The molecule has 0 aromatic heterocycles. The van der Waals surface area contributed by atoms with Gasteiger partial charge in [0.15, 0.2) is 0 Å². The summed E-state index contributed by atoms with van der Waals surface area (Å²) in [5, 5.41) is 12.5. The number of aryl methyl sites for hydroxylation is 1. The van der Waals surface area contributed by atoms with Crippen LogP contribution in [0.5, 0.6) is 5.75 Å². The summed E-state index contributed by atoms with van der Waals surface area (Å²) in [4.78, 5) is 12.0. The molecule has 4 heteroatoms. The highest BCUT2D eigenvalue weighted by molar-refractivity contribution is 6.17. The van der Waals surface area contributed by atoms with Gasteiger partial charge in [-0.3, -0.25) is 4.79 Å². The summed E-state index contributed by atoms with van der Waals surface area (Å²) in [5.74, 6) is 0.624. The molecule has 2 aromatic carbocycles. The van der Waals surface area contributed by atoms with Crippen LogP contribution in [0.3, 0.4) is 0 Å². The van der Waals surface area contributed by atoms with Gasteiger partial charge in [-0.1, -0.05) is 30.3 Å². The highest BCUT2D eigenvalue weighted by atomic mass is 35.5. The minimum absolute atomic E-state index is 0.142. The summed E-state index contributed by atoms with van der Waals surface area (Å²) >= 11 is 5.69. The van der Waals surface area contributed by atoms with Crippen LogP contribution >= 0.6 is 11.6 Å². The minimum Gasteiger partial charge on any atom is -0.508 e. The van der Waals surface area contributed by atoms with E-state index in [4.69, 9.17) is 11.6 Å². The molecule has 2 aromatic rings. The number of hydrogen-bond donors (Lipinski definition) is 2. The first-order valence-corrected chi connectivity index (χ1v) is 7.44. The van der Waals surface area contributed by atoms with Crippen LogP contribution in [0.25, 0.3) is 0 Å². The zero-order valence-corrected chi connectivity index (χ0v) is 12.4. The van der Waals surface area contributed by atoms with Gasteiger partial charge in [-0.15, -0.1) is 11.6 Å². The number of alkyl halides is 1. The number of carbonyl (C=O) groups excluding carboxylic acids is 1. The molecule has 0 spiro atoms. The van der Waals surface area contributed by atoms with E-state index < -0.39 is 0 Å². The molecule has 0 unspecified atom stereocenters. The average Bonchev–Trinajstić information content (AvgIpc) is 2.48. The van der Waals surface area contributed by atoms with E-state index in [9.17, 15) is 9.90 Å². The Kier molecular flexibility index (Phi) is 5.64. The van der Waals surface area contributed by atoms with Gasteiger partial charge in [-0.05, 0) is 36.6 Å².